The van der Waals surface area contributed by atoms with Crippen molar-refractivity contribution in [3.05, 3.63) is 28.2 Å². The van der Waals surface area contributed by atoms with Gasteiger partial charge in [0.1, 0.15) is 0 Å². The Labute approximate surface area is 131 Å². The minimum Gasteiger partial charge on any atom is -0.346 e. The Morgan fingerprint density at radius 3 is 2.38 bits per heavy atom. The Bertz CT molecular complexity index is 658. The number of sulfonamides is 1. The molecular formula is C12H16BrN3O4S. The average Bonchev–Trinajstić information content (AvgIpc) is 2.38. The number of rotatable bonds is 4. The zero-order valence-corrected chi connectivity index (χ0v) is 14.1. The lowest BCUT2D eigenvalue weighted by molar-refractivity contribution is -0.139. The van der Waals surface area contributed by atoms with E-state index < -0.39 is 21.8 Å². The number of hydrazine groups is 1. The third-order valence-corrected chi connectivity index (χ3v) is 4.25. The molecule has 0 radical (unpaired) electrons. The number of carbonyl (C=O) groups excluding carboxylic acids is 2. The van der Waals surface area contributed by atoms with Crippen LogP contribution in [0.3, 0.4) is 0 Å². The monoisotopic (exact) mass is 377 g/mol. The van der Waals surface area contributed by atoms with Gasteiger partial charge >= 0.3 is 11.8 Å². The fraction of sp³-hybridized carbons (Fsp3) is 0.333. The van der Waals surface area contributed by atoms with Crippen molar-refractivity contribution in [2.75, 3.05) is 0 Å². The lowest BCUT2D eigenvalue weighted by atomic mass is 10.2. The molecule has 0 aliphatic carbocycles. The number of halogens is 1. The van der Waals surface area contributed by atoms with Crippen LogP contribution in [0, 0.1) is 6.92 Å². The first-order chi connectivity index (χ1) is 9.63. The maximum absolute atomic E-state index is 12.1. The number of aryl methyl sites for hydroxylation is 1. The van der Waals surface area contributed by atoms with Crippen molar-refractivity contribution in [1.29, 1.82) is 0 Å². The van der Waals surface area contributed by atoms with Crippen LogP contribution in [0.1, 0.15) is 19.4 Å². The molecule has 0 unspecified atom stereocenters. The predicted molar refractivity (Wildman–Crippen MR) is 80.6 cm³/mol. The summed E-state index contributed by atoms with van der Waals surface area (Å²) in [4.78, 5) is 24.7. The lowest BCUT2D eigenvalue weighted by Crippen LogP contribution is -2.49. The minimum absolute atomic E-state index is 0.00134. The molecule has 9 heteroatoms. The topological polar surface area (TPSA) is 104 Å². The summed E-state index contributed by atoms with van der Waals surface area (Å²) in [6, 6.07) is 4.49. The molecule has 0 heterocycles. The number of hydrogen-bond donors (Lipinski definition) is 3. The van der Waals surface area contributed by atoms with Crippen molar-refractivity contribution in [1.82, 2.24) is 15.6 Å². The number of benzene rings is 1. The van der Waals surface area contributed by atoms with E-state index in [4.69, 9.17) is 0 Å². The van der Waals surface area contributed by atoms with Crippen LogP contribution in [0.4, 0.5) is 0 Å². The molecule has 1 aromatic carbocycles. The third-order valence-electron chi connectivity index (χ3n) is 2.36. The molecule has 1 rings (SSSR count). The van der Waals surface area contributed by atoms with Gasteiger partial charge in [-0.05, 0) is 38.5 Å². The molecule has 0 saturated heterocycles. The van der Waals surface area contributed by atoms with Crippen LogP contribution in [0.25, 0.3) is 0 Å². The summed E-state index contributed by atoms with van der Waals surface area (Å²) in [5.41, 5.74) is 2.38. The highest BCUT2D eigenvalue weighted by Gasteiger charge is 2.20. The Kier molecular flexibility index (Phi) is 5.87. The second-order valence-corrected chi connectivity index (χ2v) is 7.16. The minimum atomic E-state index is -3.96. The van der Waals surface area contributed by atoms with Gasteiger partial charge in [0, 0.05) is 10.5 Å². The van der Waals surface area contributed by atoms with E-state index >= 15 is 0 Å². The van der Waals surface area contributed by atoms with Gasteiger partial charge in [0.15, 0.2) is 0 Å². The van der Waals surface area contributed by atoms with Crippen molar-refractivity contribution in [3.8, 4) is 0 Å². The van der Waals surface area contributed by atoms with Crippen LogP contribution < -0.4 is 15.6 Å². The van der Waals surface area contributed by atoms with Crippen LogP contribution in [-0.2, 0) is 19.6 Å². The Hall–Kier alpha value is -1.45. The third kappa shape index (κ3) is 5.10. The summed E-state index contributed by atoms with van der Waals surface area (Å²) in [6.45, 7) is 4.98. The summed E-state index contributed by atoms with van der Waals surface area (Å²) in [7, 11) is -3.96. The van der Waals surface area contributed by atoms with E-state index in [0.29, 0.717) is 10.0 Å². The quantitative estimate of drug-likeness (QED) is 0.527. The van der Waals surface area contributed by atoms with Crippen molar-refractivity contribution < 1.29 is 18.0 Å². The van der Waals surface area contributed by atoms with Crippen molar-refractivity contribution in [3.63, 3.8) is 0 Å². The summed E-state index contributed by atoms with van der Waals surface area (Å²) in [5.74, 6) is -2.00. The van der Waals surface area contributed by atoms with E-state index in [1.807, 2.05) is 10.3 Å². The van der Waals surface area contributed by atoms with Gasteiger partial charge in [-0.25, -0.2) is 8.42 Å². The Balaban J connectivity index is 2.80. The predicted octanol–water partition coefficient (Wildman–Crippen LogP) is 0.592. The van der Waals surface area contributed by atoms with E-state index in [0.717, 1.165) is 0 Å². The van der Waals surface area contributed by atoms with Gasteiger partial charge in [0.05, 0.1) is 4.90 Å². The second kappa shape index (κ2) is 7.01. The normalized spacial score (nSPS) is 11.3. The summed E-state index contributed by atoms with van der Waals surface area (Å²) < 4.78 is 24.7. The highest BCUT2D eigenvalue weighted by atomic mass is 79.9. The maximum atomic E-state index is 12.1. The van der Waals surface area contributed by atoms with E-state index in [-0.39, 0.29) is 10.9 Å². The van der Waals surface area contributed by atoms with Crippen LogP contribution in [-0.4, -0.2) is 26.3 Å². The number of hydrogen-bond acceptors (Lipinski definition) is 4. The molecule has 0 bridgehead atoms. The Morgan fingerprint density at radius 1 is 1.19 bits per heavy atom. The highest BCUT2D eigenvalue weighted by molar-refractivity contribution is 9.10. The van der Waals surface area contributed by atoms with E-state index in [1.54, 1.807) is 32.9 Å². The SMILES string of the molecule is Cc1ccc(Br)cc1S(=O)(=O)NNC(=O)C(=O)NC(C)C. The molecule has 0 spiro atoms. The summed E-state index contributed by atoms with van der Waals surface area (Å²) in [5, 5.41) is 2.35. The van der Waals surface area contributed by atoms with E-state index in [2.05, 4.69) is 21.2 Å². The molecule has 2 amide bonds. The van der Waals surface area contributed by atoms with Crippen molar-refractivity contribution in [2.24, 2.45) is 0 Å². The van der Waals surface area contributed by atoms with Gasteiger partial charge < -0.3 is 5.32 Å². The van der Waals surface area contributed by atoms with Gasteiger partial charge in [-0.1, -0.05) is 22.0 Å². The molecule has 0 fully saturated rings. The van der Waals surface area contributed by atoms with Gasteiger partial charge in [0.25, 0.3) is 10.0 Å². The van der Waals surface area contributed by atoms with Gasteiger partial charge in [-0.3, -0.25) is 15.0 Å². The Morgan fingerprint density at radius 2 is 1.81 bits per heavy atom. The highest BCUT2D eigenvalue weighted by Crippen LogP contribution is 2.19. The van der Waals surface area contributed by atoms with Gasteiger partial charge in [0.2, 0.25) is 0 Å². The first kappa shape index (κ1) is 17.6. The zero-order valence-electron chi connectivity index (χ0n) is 11.7. The van der Waals surface area contributed by atoms with Gasteiger partial charge in [-0.15, -0.1) is 4.83 Å². The largest absolute Gasteiger partial charge is 0.346 e. The molecule has 3 N–H and O–H groups in total. The average molecular weight is 378 g/mol. The second-order valence-electron chi connectivity index (χ2n) is 4.60. The first-order valence-corrected chi connectivity index (χ1v) is 8.30. The molecular weight excluding hydrogens is 362 g/mol. The van der Waals surface area contributed by atoms with E-state index in [1.165, 1.54) is 6.07 Å². The molecule has 0 aliphatic heterocycles. The fourth-order valence-corrected chi connectivity index (χ4v) is 3.04. The summed E-state index contributed by atoms with van der Waals surface area (Å²) in [6.07, 6.45) is 0. The van der Waals surface area contributed by atoms with Crippen molar-refractivity contribution >= 4 is 37.8 Å². The molecule has 21 heavy (non-hydrogen) atoms. The smallest absolute Gasteiger partial charge is 0.324 e. The zero-order chi connectivity index (χ0) is 16.2. The standard InChI is InChI=1S/C12H16BrN3O4S/c1-7(2)14-11(17)12(18)15-16-21(19,20)10-6-9(13)5-4-8(10)3/h4-7,16H,1-3H3,(H,14,17)(H,15,18). The molecule has 7 nitrogen and oxygen atoms in total. The molecule has 0 saturated carbocycles. The molecule has 0 aliphatic rings. The van der Waals surface area contributed by atoms with Gasteiger partial charge in [-0.2, -0.15) is 0 Å². The van der Waals surface area contributed by atoms with Crippen LogP contribution in [0.5, 0.6) is 0 Å². The maximum Gasteiger partial charge on any atom is 0.324 e. The molecule has 116 valence electrons. The lowest BCUT2D eigenvalue weighted by Gasteiger charge is -2.11. The number of carbonyl (C=O) groups is 2. The number of nitrogens with one attached hydrogen (secondary N) is 3. The number of amides is 2. The molecule has 0 aromatic heterocycles. The molecule has 1 aromatic rings. The van der Waals surface area contributed by atoms with Crippen LogP contribution >= 0.6 is 15.9 Å². The fourth-order valence-electron chi connectivity index (χ4n) is 1.42. The van der Waals surface area contributed by atoms with E-state index in [9.17, 15) is 18.0 Å². The van der Waals surface area contributed by atoms with Crippen LogP contribution in [0.15, 0.2) is 27.6 Å². The van der Waals surface area contributed by atoms with Crippen LogP contribution in [0.2, 0.25) is 0 Å². The molecule has 0 atom stereocenters. The first-order valence-electron chi connectivity index (χ1n) is 6.02. The van der Waals surface area contributed by atoms with Crippen molar-refractivity contribution in [2.45, 2.75) is 31.7 Å². The summed E-state index contributed by atoms with van der Waals surface area (Å²) >= 11 is 3.18.